The van der Waals surface area contributed by atoms with Crippen LogP contribution in [0.4, 0.5) is 5.69 Å². The number of benzene rings is 1. The Morgan fingerprint density at radius 3 is 2.24 bits per heavy atom. The molecular weight excluding hydrogens is 332 g/mol. The molecule has 1 aromatic carbocycles. The predicted molar refractivity (Wildman–Crippen MR) is 82.4 cm³/mol. The summed E-state index contributed by atoms with van der Waals surface area (Å²) in [6, 6.07) is 7.24. The van der Waals surface area contributed by atoms with Gasteiger partial charge in [0.15, 0.2) is 0 Å². The van der Waals surface area contributed by atoms with Crippen molar-refractivity contribution in [2.45, 2.75) is 23.0 Å². The molecule has 1 aromatic heterocycles. The van der Waals surface area contributed by atoms with Crippen molar-refractivity contribution < 1.29 is 16.8 Å². The Kier molecular flexibility index (Phi) is 4.11. The number of hydrogen-bond donors (Lipinski definition) is 2. The molecule has 2 rings (SSSR count). The second-order valence-corrected chi connectivity index (χ2v) is 9.25. The molecule has 21 heavy (non-hydrogen) atoms. The molecule has 9 heteroatoms. The van der Waals surface area contributed by atoms with Crippen molar-refractivity contribution in [3.63, 3.8) is 0 Å². The lowest BCUT2D eigenvalue weighted by Gasteiger charge is -2.10. The SMILES string of the molecule is Cc1ccc(S(=O)(=O)Nc2cc(S(N)(=O)=O)ccc2C)s1. The minimum absolute atomic E-state index is 0.145. The molecule has 0 aliphatic rings. The van der Waals surface area contributed by atoms with Gasteiger partial charge in [0.25, 0.3) is 10.0 Å². The standard InChI is InChI=1S/C12H14N2O4S3/c1-8-3-5-10(20(13,15)16)7-11(8)14-21(17,18)12-6-4-9(2)19-12/h3-7,14H,1-2H3,(H2,13,15,16). The van der Waals surface area contributed by atoms with Gasteiger partial charge in [0, 0.05) is 4.88 Å². The highest BCUT2D eigenvalue weighted by atomic mass is 32.2. The van der Waals surface area contributed by atoms with E-state index in [0.29, 0.717) is 5.56 Å². The molecule has 0 spiro atoms. The van der Waals surface area contributed by atoms with Gasteiger partial charge < -0.3 is 0 Å². The Balaban J connectivity index is 2.44. The van der Waals surface area contributed by atoms with E-state index in [9.17, 15) is 16.8 Å². The van der Waals surface area contributed by atoms with Gasteiger partial charge in [-0.25, -0.2) is 22.0 Å². The monoisotopic (exact) mass is 346 g/mol. The normalized spacial score (nSPS) is 12.3. The van der Waals surface area contributed by atoms with E-state index in [0.717, 1.165) is 16.2 Å². The first-order valence-electron chi connectivity index (χ1n) is 5.82. The van der Waals surface area contributed by atoms with E-state index < -0.39 is 20.0 Å². The number of aryl methyl sites for hydroxylation is 2. The fraction of sp³-hybridized carbons (Fsp3) is 0.167. The van der Waals surface area contributed by atoms with E-state index in [4.69, 9.17) is 5.14 Å². The molecule has 114 valence electrons. The van der Waals surface area contributed by atoms with Gasteiger partial charge in [0.1, 0.15) is 4.21 Å². The Morgan fingerprint density at radius 2 is 1.71 bits per heavy atom. The lowest BCUT2D eigenvalue weighted by Crippen LogP contribution is -2.15. The van der Waals surface area contributed by atoms with Crippen LogP contribution in [-0.4, -0.2) is 16.8 Å². The van der Waals surface area contributed by atoms with E-state index in [1.54, 1.807) is 19.9 Å². The van der Waals surface area contributed by atoms with Crippen molar-refractivity contribution in [3.8, 4) is 0 Å². The topological polar surface area (TPSA) is 106 Å². The van der Waals surface area contributed by atoms with Gasteiger partial charge >= 0.3 is 0 Å². The Morgan fingerprint density at radius 1 is 1.05 bits per heavy atom. The lowest BCUT2D eigenvalue weighted by molar-refractivity contribution is 0.596. The van der Waals surface area contributed by atoms with Crippen molar-refractivity contribution in [3.05, 3.63) is 40.8 Å². The average Bonchev–Trinajstić information content (AvgIpc) is 2.78. The number of nitrogens with two attached hydrogens (primary N) is 1. The number of anilines is 1. The molecule has 1 heterocycles. The molecular formula is C12H14N2O4S3. The van der Waals surface area contributed by atoms with Crippen LogP contribution in [0.15, 0.2) is 39.4 Å². The van der Waals surface area contributed by atoms with Crippen molar-refractivity contribution in [1.82, 2.24) is 0 Å². The summed E-state index contributed by atoms with van der Waals surface area (Å²) in [4.78, 5) is 0.721. The van der Waals surface area contributed by atoms with Crippen molar-refractivity contribution >= 4 is 37.1 Å². The van der Waals surface area contributed by atoms with Crippen LogP contribution < -0.4 is 9.86 Å². The van der Waals surface area contributed by atoms with Crippen LogP contribution in [0.2, 0.25) is 0 Å². The zero-order chi connectivity index (χ0) is 15.8. The third-order valence-corrected chi connectivity index (χ3v) is 6.53. The Bertz CT molecular complexity index is 883. The molecule has 0 radical (unpaired) electrons. The zero-order valence-corrected chi connectivity index (χ0v) is 13.8. The maximum Gasteiger partial charge on any atom is 0.271 e. The van der Waals surface area contributed by atoms with Crippen LogP contribution in [0.1, 0.15) is 10.4 Å². The molecule has 0 bridgehead atoms. The molecule has 0 aliphatic carbocycles. The minimum atomic E-state index is -3.89. The van der Waals surface area contributed by atoms with E-state index in [1.807, 2.05) is 0 Å². The predicted octanol–water partition coefficient (Wildman–Crippen LogP) is 1.81. The summed E-state index contributed by atoms with van der Waals surface area (Å²) in [6.07, 6.45) is 0. The van der Waals surface area contributed by atoms with Gasteiger partial charge in [-0.15, -0.1) is 11.3 Å². The summed E-state index contributed by atoms with van der Waals surface area (Å²) < 4.78 is 49.7. The van der Waals surface area contributed by atoms with Gasteiger partial charge in [-0.3, -0.25) is 4.72 Å². The highest BCUT2D eigenvalue weighted by Gasteiger charge is 2.18. The molecule has 0 unspecified atom stereocenters. The molecule has 0 aliphatic heterocycles. The van der Waals surface area contributed by atoms with Crippen molar-refractivity contribution in [2.75, 3.05) is 4.72 Å². The van der Waals surface area contributed by atoms with Crippen LogP contribution in [0.3, 0.4) is 0 Å². The first-order valence-corrected chi connectivity index (χ1v) is 9.67. The number of rotatable bonds is 4. The molecule has 0 saturated carbocycles. The summed E-state index contributed by atoms with van der Waals surface area (Å²) in [6.45, 7) is 3.47. The van der Waals surface area contributed by atoms with Gasteiger partial charge in [-0.2, -0.15) is 0 Å². The Hall–Kier alpha value is -1.42. The molecule has 0 fully saturated rings. The van der Waals surface area contributed by atoms with Gasteiger partial charge in [0.2, 0.25) is 10.0 Å². The zero-order valence-electron chi connectivity index (χ0n) is 11.3. The molecule has 0 atom stereocenters. The number of hydrogen-bond acceptors (Lipinski definition) is 5. The number of nitrogens with one attached hydrogen (secondary N) is 1. The van der Waals surface area contributed by atoms with Crippen molar-refractivity contribution in [2.24, 2.45) is 5.14 Å². The quantitative estimate of drug-likeness (QED) is 0.880. The minimum Gasteiger partial charge on any atom is -0.279 e. The molecule has 3 N–H and O–H groups in total. The summed E-state index contributed by atoms with van der Waals surface area (Å²) in [7, 11) is -7.63. The van der Waals surface area contributed by atoms with Crippen LogP contribution in [0.25, 0.3) is 0 Å². The third kappa shape index (κ3) is 3.62. The van der Waals surface area contributed by atoms with Crippen LogP contribution in [0, 0.1) is 13.8 Å². The highest BCUT2D eigenvalue weighted by molar-refractivity contribution is 7.94. The summed E-state index contributed by atoms with van der Waals surface area (Å²) in [5.41, 5.74) is 0.784. The lowest BCUT2D eigenvalue weighted by atomic mass is 10.2. The largest absolute Gasteiger partial charge is 0.279 e. The van der Waals surface area contributed by atoms with E-state index in [2.05, 4.69) is 4.72 Å². The number of thiophene rings is 1. The molecule has 6 nitrogen and oxygen atoms in total. The summed E-state index contributed by atoms with van der Waals surface area (Å²) in [5.74, 6) is 0. The van der Waals surface area contributed by atoms with Crippen LogP contribution in [0.5, 0.6) is 0 Å². The third-order valence-electron chi connectivity index (χ3n) is 2.76. The second kappa shape index (κ2) is 5.41. The Labute approximate surface area is 127 Å². The fourth-order valence-electron chi connectivity index (χ4n) is 1.64. The number of primary sulfonamides is 1. The summed E-state index contributed by atoms with van der Waals surface area (Å²) in [5, 5.41) is 5.05. The van der Waals surface area contributed by atoms with Crippen LogP contribution in [-0.2, 0) is 20.0 Å². The highest BCUT2D eigenvalue weighted by Crippen LogP contribution is 2.26. The van der Waals surface area contributed by atoms with Crippen molar-refractivity contribution in [1.29, 1.82) is 0 Å². The van der Waals surface area contributed by atoms with Gasteiger partial charge in [-0.1, -0.05) is 6.07 Å². The summed E-state index contributed by atoms with van der Waals surface area (Å²) >= 11 is 1.14. The van der Waals surface area contributed by atoms with E-state index in [1.165, 1.54) is 24.3 Å². The van der Waals surface area contributed by atoms with Gasteiger partial charge in [0.05, 0.1) is 10.6 Å². The second-order valence-electron chi connectivity index (χ2n) is 4.49. The maximum atomic E-state index is 12.2. The first-order chi connectivity index (χ1) is 9.59. The molecule has 0 saturated heterocycles. The maximum absolute atomic E-state index is 12.2. The average molecular weight is 346 g/mol. The van der Waals surface area contributed by atoms with E-state index in [-0.39, 0.29) is 14.8 Å². The first kappa shape index (κ1) is 16.0. The number of sulfonamides is 2. The van der Waals surface area contributed by atoms with E-state index >= 15 is 0 Å². The fourth-order valence-corrected chi connectivity index (χ4v) is 4.58. The molecule has 0 amide bonds. The van der Waals surface area contributed by atoms with Gasteiger partial charge in [-0.05, 0) is 43.7 Å². The smallest absolute Gasteiger partial charge is 0.271 e. The van der Waals surface area contributed by atoms with Crippen LogP contribution >= 0.6 is 11.3 Å². The molecule has 2 aromatic rings.